The van der Waals surface area contributed by atoms with Gasteiger partial charge in [0.2, 0.25) is 0 Å². The Labute approximate surface area is 114 Å². The summed E-state index contributed by atoms with van der Waals surface area (Å²) in [5, 5.41) is 7.86. The topological polar surface area (TPSA) is 74.5 Å². The fourth-order valence-corrected chi connectivity index (χ4v) is 1.54. The van der Waals surface area contributed by atoms with Gasteiger partial charge in [-0.15, -0.1) is 10.2 Å². The molecule has 6 nitrogen and oxygen atoms in total. The van der Waals surface area contributed by atoms with E-state index in [1.807, 2.05) is 0 Å². The first-order valence-electron chi connectivity index (χ1n) is 5.44. The van der Waals surface area contributed by atoms with Crippen LogP contribution < -0.4 is 4.74 Å². The van der Waals surface area contributed by atoms with Crippen molar-refractivity contribution >= 4 is 17.6 Å². The van der Waals surface area contributed by atoms with Gasteiger partial charge >= 0.3 is 11.9 Å². The summed E-state index contributed by atoms with van der Waals surface area (Å²) in [5.41, 5.74) is 0. The Hall–Kier alpha value is -2.08. The number of carbonyl (C=O) groups excluding carboxylic acids is 1. The minimum Gasteiger partial charge on any atom is -0.481 e. The molecule has 0 saturated carbocycles. The van der Waals surface area contributed by atoms with Gasteiger partial charge in [-0.1, -0.05) is 17.7 Å². The van der Waals surface area contributed by atoms with Gasteiger partial charge in [-0.2, -0.15) is 0 Å². The molecule has 7 heteroatoms. The highest BCUT2D eigenvalue weighted by Crippen LogP contribution is 2.23. The maximum atomic E-state index is 11.2. The lowest BCUT2D eigenvalue weighted by molar-refractivity contribution is 0.0549. The van der Waals surface area contributed by atoms with Crippen molar-refractivity contribution in [3.8, 4) is 5.75 Å². The summed E-state index contributed by atoms with van der Waals surface area (Å²) in [5.74, 6) is -0.147. The second kappa shape index (κ2) is 5.71. The molecule has 0 saturated heterocycles. The van der Waals surface area contributed by atoms with Crippen LogP contribution in [0.1, 0.15) is 29.6 Å². The summed E-state index contributed by atoms with van der Waals surface area (Å²) < 4.78 is 15.2. The van der Waals surface area contributed by atoms with Gasteiger partial charge in [0.1, 0.15) is 5.75 Å². The summed E-state index contributed by atoms with van der Waals surface area (Å²) in [4.78, 5) is 11.2. The third kappa shape index (κ3) is 3.23. The van der Waals surface area contributed by atoms with E-state index in [9.17, 15) is 4.79 Å². The lowest BCUT2D eigenvalue weighted by Crippen LogP contribution is -2.03. The molecule has 19 heavy (non-hydrogen) atoms. The van der Waals surface area contributed by atoms with Crippen molar-refractivity contribution in [3.63, 3.8) is 0 Å². The van der Waals surface area contributed by atoms with Crippen molar-refractivity contribution in [2.75, 3.05) is 7.11 Å². The Morgan fingerprint density at radius 2 is 2.21 bits per heavy atom. The Kier molecular flexibility index (Phi) is 4.01. The van der Waals surface area contributed by atoms with Gasteiger partial charge in [0.05, 0.1) is 7.11 Å². The van der Waals surface area contributed by atoms with E-state index < -0.39 is 12.1 Å². The van der Waals surface area contributed by atoms with Gasteiger partial charge in [0, 0.05) is 5.02 Å². The summed E-state index contributed by atoms with van der Waals surface area (Å²) in [7, 11) is 1.23. The number of benzene rings is 1. The van der Waals surface area contributed by atoms with Crippen LogP contribution in [0.3, 0.4) is 0 Å². The molecule has 0 aliphatic carbocycles. The van der Waals surface area contributed by atoms with E-state index in [2.05, 4.69) is 14.9 Å². The van der Waals surface area contributed by atoms with Crippen molar-refractivity contribution in [1.29, 1.82) is 0 Å². The van der Waals surface area contributed by atoms with Crippen LogP contribution >= 0.6 is 11.6 Å². The number of aromatic nitrogens is 2. The van der Waals surface area contributed by atoms with Crippen molar-refractivity contribution < 1.29 is 18.7 Å². The Balaban J connectivity index is 2.09. The molecule has 1 aromatic heterocycles. The largest absolute Gasteiger partial charge is 0.481 e. The molecule has 0 fully saturated rings. The zero-order valence-corrected chi connectivity index (χ0v) is 11.0. The Bertz CT molecular complexity index is 585. The molecule has 2 rings (SSSR count). The summed E-state index contributed by atoms with van der Waals surface area (Å²) in [6.45, 7) is 1.72. The van der Waals surface area contributed by atoms with Crippen molar-refractivity contribution in [2.24, 2.45) is 0 Å². The molecule has 0 aliphatic heterocycles. The second-order valence-corrected chi connectivity index (χ2v) is 4.09. The predicted molar refractivity (Wildman–Crippen MR) is 66.1 cm³/mol. The fraction of sp³-hybridized carbons (Fsp3) is 0.250. The molecule has 1 heterocycles. The predicted octanol–water partition coefficient (Wildman–Crippen LogP) is 2.65. The van der Waals surface area contributed by atoms with Gasteiger partial charge < -0.3 is 13.9 Å². The minimum atomic E-state index is -0.686. The molecule has 0 bridgehead atoms. The van der Waals surface area contributed by atoms with Gasteiger partial charge in [0.15, 0.2) is 6.10 Å². The monoisotopic (exact) mass is 282 g/mol. The zero-order valence-electron chi connectivity index (χ0n) is 10.3. The van der Waals surface area contributed by atoms with E-state index >= 15 is 0 Å². The summed E-state index contributed by atoms with van der Waals surface area (Å²) >= 11 is 5.85. The van der Waals surface area contributed by atoms with E-state index in [0.717, 1.165) is 0 Å². The molecule has 0 amide bonds. The van der Waals surface area contributed by atoms with E-state index in [4.69, 9.17) is 20.8 Å². The van der Waals surface area contributed by atoms with Crippen LogP contribution in [0.25, 0.3) is 0 Å². The molecule has 2 aromatic rings. The standard InChI is InChI=1S/C12H11ClN2O4/c1-7(18-9-5-3-4-8(13)6-9)10-14-15-11(19-10)12(16)17-2/h3-7H,1-2H3. The minimum absolute atomic E-state index is 0.181. The van der Waals surface area contributed by atoms with Crippen LogP contribution in [-0.2, 0) is 4.74 Å². The van der Waals surface area contributed by atoms with E-state index in [0.29, 0.717) is 10.8 Å². The number of ether oxygens (including phenoxy) is 2. The number of esters is 1. The van der Waals surface area contributed by atoms with Crippen LogP contribution in [0.2, 0.25) is 5.02 Å². The number of hydrogen-bond acceptors (Lipinski definition) is 6. The van der Waals surface area contributed by atoms with Crippen molar-refractivity contribution in [1.82, 2.24) is 10.2 Å². The van der Waals surface area contributed by atoms with Crippen LogP contribution in [-0.4, -0.2) is 23.3 Å². The summed E-state index contributed by atoms with van der Waals surface area (Å²) in [6.07, 6.45) is -0.510. The quantitative estimate of drug-likeness (QED) is 0.803. The molecular weight excluding hydrogens is 272 g/mol. The normalized spacial score (nSPS) is 11.9. The molecule has 0 spiro atoms. The fourth-order valence-electron chi connectivity index (χ4n) is 1.36. The number of nitrogens with zero attached hydrogens (tertiary/aromatic N) is 2. The van der Waals surface area contributed by atoms with E-state index in [1.165, 1.54) is 7.11 Å². The van der Waals surface area contributed by atoms with E-state index in [-0.39, 0.29) is 11.8 Å². The van der Waals surface area contributed by atoms with Crippen molar-refractivity contribution in [2.45, 2.75) is 13.0 Å². The molecular formula is C12H11ClN2O4. The number of methoxy groups -OCH3 is 1. The lowest BCUT2D eigenvalue weighted by atomic mass is 10.3. The molecule has 100 valence electrons. The molecule has 1 aromatic carbocycles. The number of halogens is 1. The van der Waals surface area contributed by atoms with Gasteiger partial charge in [-0.25, -0.2) is 4.79 Å². The van der Waals surface area contributed by atoms with Crippen LogP contribution in [0.15, 0.2) is 28.7 Å². The maximum Gasteiger partial charge on any atom is 0.396 e. The second-order valence-electron chi connectivity index (χ2n) is 3.65. The highest BCUT2D eigenvalue weighted by Gasteiger charge is 2.20. The van der Waals surface area contributed by atoms with E-state index in [1.54, 1.807) is 31.2 Å². The SMILES string of the molecule is COC(=O)c1nnc(C(C)Oc2cccc(Cl)c2)o1. The first-order valence-corrected chi connectivity index (χ1v) is 5.82. The average molecular weight is 283 g/mol. The third-order valence-electron chi connectivity index (χ3n) is 2.26. The molecule has 0 aliphatic rings. The lowest BCUT2D eigenvalue weighted by Gasteiger charge is -2.10. The van der Waals surface area contributed by atoms with Crippen LogP contribution in [0, 0.1) is 0 Å². The van der Waals surface area contributed by atoms with Crippen LogP contribution in [0.4, 0.5) is 0 Å². The first kappa shape index (κ1) is 13.4. The third-order valence-corrected chi connectivity index (χ3v) is 2.49. The highest BCUT2D eigenvalue weighted by atomic mass is 35.5. The summed E-state index contributed by atoms with van der Waals surface area (Å²) in [6, 6.07) is 6.91. The molecule has 0 N–H and O–H groups in total. The van der Waals surface area contributed by atoms with Gasteiger partial charge in [-0.3, -0.25) is 0 Å². The molecule has 1 atom stereocenters. The molecule has 0 radical (unpaired) electrons. The first-order chi connectivity index (χ1) is 9.10. The van der Waals surface area contributed by atoms with Gasteiger partial charge in [0.25, 0.3) is 5.89 Å². The van der Waals surface area contributed by atoms with Crippen molar-refractivity contribution in [3.05, 3.63) is 41.1 Å². The number of hydrogen-bond donors (Lipinski definition) is 0. The Morgan fingerprint density at radius 1 is 1.42 bits per heavy atom. The smallest absolute Gasteiger partial charge is 0.396 e. The highest BCUT2D eigenvalue weighted by molar-refractivity contribution is 6.30. The van der Waals surface area contributed by atoms with Gasteiger partial charge in [-0.05, 0) is 25.1 Å². The maximum absolute atomic E-state index is 11.2. The Morgan fingerprint density at radius 3 is 2.89 bits per heavy atom. The zero-order chi connectivity index (χ0) is 13.8. The number of carbonyl (C=O) groups is 1. The van der Waals surface area contributed by atoms with Crippen LogP contribution in [0.5, 0.6) is 5.75 Å². The average Bonchev–Trinajstić information content (AvgIpc) is 2.87. The molecule has 1 unspecified atom stereocenters. The number of rotatable bonds is 4.